The van der Waals surface area contributed by atoms with E-state index in [1.165, 1.54) is 5.56 Å². The molecule has 0 unspecified atom stereocenters. The standard InChI is InChI=1S/C19H23N3O/c1-16-14-20-19(21-15-16)23-18-9-12-22(13-10-18)11-5-8-17-6-3-2-4-7-17/h2-8,14-15,18H,9-13H2,1H3/b8-5+. The first-order chi connectivity index (χ1) is 11.3. The molecule has 0 aliphatic carbocycles. The third kappa shape index (κ3) is 4.89. The molecule has 4 nitrogen and oxygen atoms in total. The highest BCUT2D eigenvalue weighted by Gasteiger charge is 2.20. The monoisotopic (exact) mass is 309 g/mol. The van der Waals surface area contributed by atoms with Gasteiger partial charge < -0.3 is 4.74 Å². The fraction of sp³-hybridized carbons (Fsp3) is 0.368. The van der Waals surface area contributed by atoms with E-state index >= 15 is 0 Å². The molecule has 120 valence electrons. The molecule has 0 saturated carbocycles. The summed E-state index contributed by atoms with van der Waals surface area (Å²) >= 11 is 0. The molecule has 0 atom stereocenters. The summed E-state index contributed by atoms with van der Waals surface area (Å²) in [5.41, 5.74) is 2.31. The predicted molar refractivity (Wildman–Crippen MR) is 92.3 cm³/mol. The second-order valence-corrected chi connectivity index (χ2v) is 5.97. The lowest BCUT2D eigenvalue weighted by Crippen LogP contribution is -2.38. The average Bonchev–Trinajstić information content (AvgIpc) is 2.59. The summed E-state index contributed by atoms with van der Waals surface area (Å²) in [4.78, 5) is 10.9. The number of aryl methyl sites for hydroxylation is 1. The van der Waals surface area contributed by atoms with Crippen LogP contribution < -0.4 is 4.74 Å². The second-order valence-electron chi connectivity index (χ2n) is 5.97. The van der Waals surface area contributed by atoms with Crippen molar-refractivity contribution in [2.75, 3.05) is 19.6 Å². The summed E-state index contributed by atoms with van der Waals surface area (Å²) < 4.78 is 5.87. The maximum atomic E-state index is 5.87. The lowest BCUT2D eigenvalue weighted by molar-refractivity contribution is 0.0985. The number of benzene rings is 1. The Morgan fingerprint density at radius 2 is 1.83 bits per heavy atom. The molecule has 2 heterocycles. The third-order valence-corrected chi connectivity index (χ3v) is 4.04. The van der Waals surface area contributed by atoms with Gasteiger partial charge in [-0.1, -0.05) is 42.5 Å². The molecule has 1 aliphatic heterocycles. The van der Waals surface area contributed by atoms with Crippen LogP contribution in [-0.2, 0) is 0 Å². The van der Waals surface area contributed by atoms with Crippen LogP contribution in [0.15, 0.2) is 48.8 Å². The van der Waals surface area contributed by atoms with Crippen molar-refractivity contribution in [3.63, 3.8) is 0 Å². The number of ether oxygens (including phenoxy) is 1. The third-order valence-electron chi connectivity index (χ3n) is 4.04. The molecule has 1 saturated heterocycles. The van der Waals surface area contributed by atoms with Crippen molar-refractivity contribution >= 4 is 6.08 Å². The fourth-order valence-electron chi connectivity index (χ4n) is 2.70. The van der Waals surface area contributed by atoms with Gasteiger partial charge in [-0.3, -0.25) is 4.90 Å². The van der Waals surface area contributed by atoms with Gasteiger partial charge in [-0.25, -0.2) is 9.97 Å². The molecular formula is C19H23N3O. The van der Waals surface area contributed by atoms with E-state index in [0.717, 1.165) is 38.0 Å². The second kappa shape index (κ2) is 7.88. The first-order valence-corrected chi connectivity index (χ1v) is 8.19. The number of aromatic nitrogens is 2. The Balaban J connectivity index is 1.41. The Labute approximate surface area is 137 Å². The van der Waals surface area contributed by atoms with E-state index in [9.17, 15) is 0 Å². The van der Waals surface area contributed by atoms with E-state index in [1.807, 2.05) is 13.0 Å². The van der Waals surface area contributed by atoms with Crippen molar-refractivity contribution in [2.45, 2.75) is 25.9 Å². The average molecular weight is 309 g/mol. The molecule has 0 spiro atoms. The molecule has 0 bridgehead atoms. The molecule has 0 N–H and O–H groups in total. The maximum Gasteiger partial charge on any atom is 0.316 e. The summed E-state index contributed by atoms with van der Waals surface area (Å²) in [6, 6.07) is 10.9. The van der Waals surface area contributed by atoms with Gasteiger partial charge in [0.15, 0.2) is 0 Å². The summed E-state index contributed by atoms with van der Waals surface area (Å²) in [5.74, 6) is 0. The first-order valence-electron chi connectivity index (χ1n) is 8.19. The van der Waals surface area contributed by atoms with E-state index in [0.29, 0.717) is 6.01 Å². The normalized spacial score (nSPS) is 16.7. The van der Waals surface area contributed by atoms with Crippen molar-refractivity contribution in [2.24, 2.45) is 0 Å². The molecule has 0 amide bonds. The zero-order chi connectivity index (χ0) is 15.9. The molecule has 3 rings (SSSR count). The van der Waals surface area contributed by atoms with Crippen LogP contribution in [0.2, 0.25) is 0 Å². The minimum Gasteiger partial charge on any atom is -0.460 e. The smallest absolute Gasteiger partial charge is 0.316 e. The summed E-state index contributed by atoms with van der Waals surface area (Å²) in [7, 11) is 0. The Bertz CT molecular complexity index is 617. The lowest BCUT2D eigenvalue weighted by Gasteiger charge is -2.30. The molecule has 0 radical (unpaired) electrons. The highest BCUT2D eigenvalue weighted by atomic mass is 16.5. The van der Waals surface area contributed by atoms with Crippen molar-refractivity contribution in [3.05, 3.63) is 59.9 Å². The van der Waals surface area contributed by atoms with Gasteiger partial charge in [-0.05, 0) is 30.9 Å². The summed E-state index contributed by atoms with van der Waals surface area (Å²) in [6.07, 6.45) is 10.3. The quantitative estimate of drug-likeness (QED) is 0.849. The van der Waals surface area contributed by atoms with Gasteiger partial charge in [0, 0.05) is 32.0 Å². The zero-order valence-electron chi connectivity index (χ0n) is 13.6. The van der Waals surface area contributed by atoms with E-state index in [-0.39, 0.29) is 6.10 Å². The number of rotatable bonds is 5. The number of hydrogen-bond donors (Lipinski definition) is 0. The van der Waals surface area contributed by atoms with Crippen LogP contribution in [0, 0.1) is 6.92 Å². The zero-order valence-corrected chi connectivity index (χ0v) is 13.6. The van der Waals surface area contributed by atoms with E-state index in [1.54, 1.807) is 12.4 Å². The van der Waals surface area contributed by atoms with Crippen molar-refractivity contribution in [1.82, 2.24) is 14.9 Å². The van der Waals surface area contributed by atoms with Crippen LogP contribution in [0.25, 0.3) is 6.08 Å². The van der Waals surface area contributed by atoms with Gasteiger partial charge in [0.1, 0.15) is 6.10 Å². The number of nitrogens with zero attached hydrogens (tertiary/aromatic N) is 3. The van der Waals surface area contributed by atoms with Gasteiger partial charge >= 0.3 is 6.01 Å². The number of hydrogen-bond acceptors (Lipinski definition) is 4. The van der Waals surface area contributed by atoms with Crippen LogP contribution in [0.4, 0.5) is 0 Å². The lowest BCUT2D eigenvalue weighted by atomic mass is 10.1. The highest BCUT2D eigenvalue weighted by Crippen LogP contribution is 2.16. The molecule has 1 aliphatic rings. The van der Waals surface area contributed by atoms with Crippen LogP contribution in [0.3, 0.4) is 0 Å². The van der Waals surface area contributed by atoms with E-state index < -0.39 is 0 Å². The Morgan fingerprint density at radius 1 is 1.13 bits per heavy atom. The Morgan fingerprint density at radius 3 is 2.52 bits per heavy atom. The van der Waals surface area contributed by atoms with Gasteiger partial charge in [0.25, 0.3) is 0 Å². The van der Waals surface area contributed by atoms with Crippen LogP contribution in [-0.4, -0.2) is 40.6 Å². The largest absolute Gasteiger partial charge is 0.460 e. The number of piperidine rings is 1. The predicted octanol–water partition coefficient (Wildman–Crippen LogP) is 3.34. The van der Waals surface area contributed by atoms with Gasteiger partial charge in [-0.2, -0.15) is 0 Å². The SMILES string of the molecule is Cc1cnc(OC2CCN(C/C=C/c3ccccc3)CC2)nc1. The van der Waals surface area contributed by atoms with E-state index in [2.05, 4.69) is 51.3 Å². The van der Waals surface area contributed by atoms with Gasteiger partial charge in [0.05, 0.1) is 0 Å². The summed E-state index contributed by atoms with van der Waals surface area (Å²) in [6.45, 7) is 5.07. The molecule has 1 aromatic carbocycles. The Hall–Kier alpha value is -2.20. The molecular weight excluding hydrogens is 286 g/mol. The van der Waals surface area contributed by atoms with Crippen molar-refractivity contribution < 1.29 is 4.74 Å². The molecule has 1 fully saturated rings. The fourth-order valence-corrected chi connectivity index (χ4v) is 2.70. The molecule has 23 heavy (non-hydrogen) atoms. The minimum absolute atomic E-state index is 0.229. The van der Waals surface area contributed by atoms with Gasteiger partial charge in [-0.15, -0.1) is 0 Å². The first kappa shape index (κ1) is 15.7. The Kier molecular flexibility index (Phi) is 5.37. The van der Waals surface area contributed by atoms with Crippen LogP contribution >= 0.6 is 0 Å². The summed E-state index contributed by atoms with van der Waals surface area (Å²) in [5, 5.41) is 0. The topological polar surface area (TPSA) is 38.2 Å². The molecule has 4 heteroatoms. The molecule has 1 aromatic heterocycles. The number of likely N-dealkylation sites (tertiary alicyclic amines) is 1. The van der Waals surface area contributed by atoms with Crippen molar-refractivity contribution in [1.29, 1.82) is 0 Å². The van der Waals surface area contributed by atoms with E-state index in [4.69, 9.17) is 4.74 Å². The molecule has 2 aromatic rings. The van der Waals surface area contributed by atoms with Crippen LogP contribution in [0.5, 0.6) is 6.01 Å². The maximum absolute atomic E-state index is 5.87. The minimum atomic E-state index is 0.229. The highest BCUT2D eigenvalue weighted by molar-refractivity contribution is 5.48. The van der Waals surface area contributed by atoms with Crippen molar-refractivity contribution in [3.8, 4) is 6.01 Å². The van der Waals surface area contributed by atoms with Gasteiger partial charge in [0.2, 0.25) is 0 Å². The van der Waals surface area contributed by atoms with Crippen LogP contribution in [0.1, 0.15) is 24.0 Å².